The molecule has 2 aromatic carbocycles. The third-order valence-corrected chi connectivity index (χ3v) is 6.16. The van der Waals surface area contributed by atoms with E-state index in [4.69, 9.17) is 23.2 Å². The summed E-state index contributed by atoms with van der Waals surface area (Å²) in [4.78, 5) is 12.1. The summed E-state index contributed by atoms with van der Waals surface area (Å²) >= 11 is 12.1. The number of nitrogens with one attached hydrogen (secondary N) is 1. The van der Waals surface area contributed by atoms with Crippen molar-refractivity contribution in [3.8, 4) is 0 Å². The van der Waals surface area contributed by atoms with Crippen LogP contribution in [0.2, 0.25) is 10.0 Å². The van der Waals surface area contributed by atoms with Crippen molar-refractivity contribution in [3.63, 3.8) is 0 Å². The van der Waals surface area contributed by atoms with Crippen molar-refractivity contribution in [2.24, 2.45) is 0 Å². The molecule has 0 atom stereocenters. The molecule has 0 aliphatic rings. The van der Waals surface area contributed by atoms with Gasteiger partial charge in [0, 0.05) is 24.5 Å². The monoisotopic (exact) mass is 456 g/mol. The van der Waals surface area contributed by atoms with Gasteiger partial charge >= 0.3 is 0 Å². The summed E-state index contributed by atoms with van der Waals surface area (Å²) in [5.74, 6) is -0.0976. The van der Waals surface area contributed by atoms with Crippen LogP contribution < -0.4 is 9.62 Å². The molecule has 0 bridgehead atoms. The van der Waals surface area contributed by atoms with Crippen LogP contribution in [0, 0.1) is 6.92 Å². The maximum absolute atomic E-state index is 12.2. The molecule has 1 amide bonds. The van der Waals surface area contributed by atoms with E-state index in [1.165, 1.54) is 21.5 Å². The topological polar surface area (TPSA) is 66.5 Å². The van der Waals surface area contributed by atoms with Crippen LogP contribution in [0.5, 0.6) is 0 Å². The van der Waals surface area contributed by atoms with E-state index in [-0.39, 0.29) is 18.9 Å². The fraction of sp³-hybridized carbons (Fsp3) is 0.381. The van der Waals surface area contributed by atoms with Gasteiger partial charge in [-0.1, -0.05) is 53.0 Å². The Kier molecular flexibility index (Phi) is 8.80. The Morgan fingerprint density at radius 1 is 1.07 bits per heavy atom. The van der Waals surface area contributed by atoms with Crippen molar-refractivity contribution in [2.45, 2.75) is 32.6 Å². The summed E-state index contributed by atoms with van der Waals surface area (Å²) in [7, 11) is -3.55. The van der Waals surface area contributed by atoms with E-state index in [0.29, 0.717) is 28.7 Å². The number of amides is 1. The molecule has 158 valence electrons. The number of rotatable bonds is 10. The lowest BCUT2D eigenvalue weighted by Gasteiger charge is -2.23. The molecule has 2 aromatic rings. The number of benzene rings is 2. The number of anilines is 1. The third kappa shape index (κ3) is 7.88. The molecule has 2 rings (SSSR count). The number of hydrogen-bond acceptors (Lipinski definition) is 3. The molecule has 0 saturated carbocycles. The summed E-state index contributed by atoms with van der Waals surface area (Å²) in [5.41, 5.74) is 2.79. The van der Waals surface area contributed by atoms with Gasteiger partial charge in [-0.3, -0.25) is 9.10 Å². The van der Waals surface area contributed by atoms with Crippen molar-refractivity contribution < 1.29 is 13.2 Å². The van der Waals surface area contributed by atoms with Crippen molar-refractivity contribution in [1.29, 1.82) is 0 Å². The maximum Gasteiger partial charge on any atom is 0.232 e. The van der Waals surface area contributed by atoms with E-state index >= 15 is 0 Å². The van der Waals surface area contributed by atoms with Crippen LogP contribution >= 0.6 is 23.2 Å². The molecular weight excluding hydrogens is 431 g/mol. The van der Waals surface area contributed by atoms with Gasteiger partial charge in [-0.25, -0.2) is 8.42 Å². The summed E-state index contributed by atoms with van der Waals surface area (Å²) in [6, 6.07) is 13.0. The van der Waals surface area contributed by atoms with E-state index in [0.717, 1.165) is 19.1 Å². The van der Waals surface area contributed by atoms with Crippen molar-refractivity contribution in [1.82, 2.24) is 5.32 Å². The van der Waals surface area contributed by atoms with Crippen LogP contribution in [0.3, 0.4) is 0 Å². The van der Waals surface area contributed by atoms with Gasteiger partial charge in [-0.15, -0.1) is 0 Å². The number of carbonyl (C=O) groups excluding carboxylic acids is 1. The highest BCUT2D eigenvalue weighted by molar-refractivity contribution is 7.92. The molecule has 1 N–H and O–H groups in total. The summed E-state index contributed by atoms with van der Waals surface area (Å²) in [6.45, 7) is 2.79. The minimum Gasteiger partial charge on any atom is -0.356 e. The van der Waals surface area contributed by atoms with Crippen molar-refractivity contribution in [2.75, 3.05) is 23.7 Å². The van der Waals surface area contributed by atoms with Gasteiger partial charge in [0.25, 0.3) is 0 Å². The van der Waals surface area contributed by atoms with Crippen LogP contribution in [0.4, 0.5) is 5.69 Å². The highest BCUT2D eigenvalue weighted by Crippen LogP contribution is 2.30. The number of hydrogen-bond donors (Lipinski definition) is 1. The molecule has 0 aliphatic carbocycles. The summed E-state index contributed by atoms with van der Waals surface area (Å²) in [5, 5.41) is 3.57. The van der Waals surface area contributed by atoms with Gasteiger partial charge in [0.1, 0.15) is 0 Å². The van der Waals surface area contributed by atoms with Crippen LogP contribution in [0.15, 0.2) is 42.5 Å². The lowest BCUT2D eigenvalue weighted by atomic mass is 10.1. The summed E-state index contributed by atoms with van der Waals surface area (Å²) in [6.07, 6.45) is 3.46. The lowest BCUT2D eigenvalue weighted by Crippen LogP contribution is -2.32. The van der Waals surface area contributed by atoms with Gasteiger partial charge in [-0.05, 0) is 49.9 Å². The normalized spacial score (nSPS) is 11.3. The molecule has 8 heteroatoms. The Morgan fingerprint density at radius 3 is 2.41 bits per heavy atom. The molecule has 5 nitrogen and oxygen atoms in total. The van der Waals surface area contributed by atoms with Crippen LogP contribution in [-0.2, 0) is 21.2 Å². The fourth-order valence-corrected chi connectivity index (χ4v) is 4.29. The molecule has 29 heavy (non-hydrogen) atoms. The van der Waals surface area contributed by atoms with Gasteiger partial charge in [0.05, 0.1) is 17.0 Å². The molecule has 0 heterocycles. The Hall–Kier alpha value is -1.76. The Bertz CT molecular complexity index is 931. The Labute approximate surface area is 183 Å². The SMILES string of the molecule is Cc1ccc(CCCNC(=O)CCCN(c2cc(Cl)ccc2Cl)S(C)(=O)=O)cc1. The first-order valence-electron chi connectivity index (χ1n) is 9.42. The molecule has 0 unspecified atom stereocenters. The van der Waals surface area contributed by atoms with E-state index in [2.05, 4.69) is 36.5 Å². The molecular formula is C21H26Cl2N2O3S. The van der Waals surface area contributed by atoms with E-state index < -0.39 is 10.0 Å². The smallest absolute Gasteiger partial charge is 0.232 e. The minimum absolute atomic E-state index is 0.0976. The Morgan fingerprint density at radius 2 is 1.76 bits per heavy atom. The van der Waals surface area contributed by atoms with Crippen molar-refractivity contribution in [3.05, 3.63) is 63.6 Å². The van der Waals surface area contributed by atoms with Crippen LogP contribution in [0.25, 0.3) is 0 Å². The van der Waals surface area contributed by atoms with E-state index in [1.54, 1.807) is 12.1 Å². The van der Waals surface area contributed by atoms with Crippen LogP contribution in [0.1, 0.15) is 30.4 Å². The first-order valence-corrected chi connectivity index (χ1v) is 12.0. The maximum atomic E-state index is 12.2. The van der Waals surface area contributed by atoms with Gasteiger partial charge in [0.15, 0.2) is 0 Å². The molecule has 0 aliphatic heterocycles. The first kappa shape index (κ1) is 23.5. The minimum atomic E-state index is -3.55. The van der Waals surface area contributed by atoms with E-state index in [9.17, 15) is 13.2 Å². The molecule has 0 aromatic heterocycles. The highest BCUT2D eigenvalue weighted by atomic mass is 35.5. The van der Waals surface area contributed by atoms with Gasteiger partial charge in [-0.2, -0.15) is 0 Å². The molecule has 0 spiro atoms. The zero-order chi connectivity index (χ0) is 21.4. The van der Waals surface area contributed by atoms with Gasteiger partial charge < -0.3 is 5.32 Å². The lowest BCUT2D eigenvalue weighted by molar-refractivity contribution is -0.121. The number of aryl methyl sites for hydroxylation is 2. The van der Waals surface area contributed by atoms with Crippen LogP contribution in [-0.4, -0.2) is 33.7 Å². The van der Waals surface area contributed by atoms with Gasteiger partial charge in [0.2, 0.25) is 15.9 Å². The average Bonchev–Trinajstić information content (AvgIpc) is 2.65. The molecule has 0 saturated heterocycles. The molecule has 0 fully saturated rings. The predicted molar refractivity (Wildman–Crippen MR) is 120 cm³/mol. The Balaban J connectivity index is 1.79. The number of sulfonamides is 1. The van der Waals surface area contributed by atoms with Crippen molar-refractivity contribution >= 4 is 44.8 Å². The number of halogens is 2. The highest BCUT2D eigenvalue weighted by Gasteiger charge is 2.20. The fourth-order valence-electron chi connectivity index (χ4n) is 2.89. The largest absolute Gasteiger partial charge is 0.356 e. The zero-order valence-electron chi connectivity index (χ0n) is 16.6. The first-order chi connectivity index (χ1) is 13.7. The second-order valence-corrected chi connectivity index (χ2v) is 9.72. The zero-order valence-corrected chi connectivity index (χ0v) is 18.9. The second-order valence-electron chi connectivity index (χ2n) is 6.97. The number of carbonyl (C=O) groups is 1. The van der Waals surface area contributed by atoms with E-state index in [1.807, 2.05) is 0 Å². The third-order valence-electron chi connectivity index (χ3n) is 4.43. The molecule has 0 radical (unpaired) electrons. The quantitative estimate of drug-likeness (QED) is 0.531. The summed E-state index contributed by atoms with van der Waals surface area (Å²) < 4.78 is 25.5. The predicted octanol–water partition coefficient (Wildman–Crippen LogP) is 4.60. The second kappa shape index (κ2) is 10.9. The average molecular weight is 457 g/mol. The standard InChI is InChI=1S/C21H26Cl2N2O3S/c1-16-7-9-17(10-8-16)5-3-13-24-21(26)6-4-14-25(29(2,27)28)20-15-18(22)11-12-19(20)23/h7-12,15H,3-6,13-14H2,1-2H3,(H,24,26). The number of nitrogens with zero attached hydrogens (tertiary/aromatic N) is 1.